The molecule has 2 heteroatoms. The normalized spacial score (nSPS) is 22.5. The third-order valence-electron chi connectivity index (χ3n) is 3.85. The third-order valence-corrected chi connectivity index (χ3v) is 3.85. The minimum atomic E-state index is 0.132. The molecular formula is C15H24N2. The predicted molar refractivity (Wildman–Crippen MR) is 74.3 cm³/mol. The van der Waals surface area contributed by atoms with Crippen LogP contribution in [-0.4, -0.2) is 12.6 Å². The molecule has 0 saturated carbocycles. The van der Waals surface area contributed by atoms with Crippen molar-refractivity contribution in [1.29, 1.82) is 0 Å². The molecule has 2 atom stereocenters. The third kappa shape index (κ3) is 2.81. The summed E-state index contributed by atoms with van der Waals surface area (Å²) in [6, 6.07) is 9.65. The molecule has 1 fully saturated rings. The summed E-state index contributed by atoms with van der Waals surface area (Å²) in [5.41, 5.74) is 8.47. The topological polar surface area (TPSA) is 29.3 Å². The molecule has 0 bridgehead atoms. The molecule has 0 radical (unpaired) electrons. The van der Waals surface area contributed by atoms with Gasteiger partial charge in [0.2, 0.25) is 0 Å². The highest BCUT2D eigenvalue weighted by Crippen LogP contribution is 2.27. The molecular weight excluding hydrogens is 208 g/mol. The molecule has 1 heterocycles. The largest absolute Gasteiger partial charge is 0.369 e. The van der Waals surface area contributed by atoms with Crippen molar-refractivity contribution in [3.63, 3.8) is 0 Å². The summed E-state index contributed by atoms with van der Waals surface area (Å²) in [7, 11) is 0. The highest BCUT2D eigenvalue weighted by Gasteiger charge is 2.20. The molecule has 2 N–H and O–H groups in total. The highest BCUT2D eigenvalue weighted by molar-refractivity contribution is 5.49. The average Bonchev–Trinajstić information content (AvgIpc) is 2.39. The average molecular weight is 232 g/mol. The number of benzene rings is 1. The monoisotopic (exact) mass is 232 g/mol. The van der Waals surface area contributed by atoms with Gasteiger partial charge >= 0.3 is 0 Å². The maximum atomic E-state index is 5.88. The van der Waals surface area contributed by atoms with Crippen LogP contribution >= 0.6 is 0 Å². The Balaban J connectivity index is 2.15. The highest BCUT2D eigenvalue weighted by atomic mass is 15.2. The quantitative estimate of drug-likeness (QED) is 0.864. The van der Waals surface area contributed by atoms with E-state index in [1.165, 1.54) is 43.5 Å². The number of piperidine rings is 1. The van der Waals surface area contributed by atoms with Crippen LogP contribution in [-0.2, 0) is 0 Å². The van der Waals surface area contributed by atoms with E-state index >= 15 is 0 Å². The van der Waals surface area contributed by atoms with Crippen LogP contribution in [0, 0.1) is 0 Å². The molecule has 0 aliphatic carbocycles. The summed E-state index contributed by atoms with van der Waals surface area (Å²) < 4.78 is 0. The molecule has 1 saturated heterocycles. The van der Waals surface area contributed by atoms with Crippen LogP contribution in [0.25, 0.3) is 0 Å². The number of nitrogens with zero attached hydrogens (tertiary/aromatic N) is 1. The Hall–Kier alpha value is -1.02. The minimum absolute atomic E-state index is 0.132. The Labute approximate surface area is 105 Å². The van der Waals surface area contributed by atoms with Gasteiger partial charge < -0.3 is 10.6 Å². The summed E-state index contributed by atoms with van der Waals surface area (Å²) in [4.78, 5) is 2.56. The van der Waals surface area contributed by atoms with Gasteiger partial charge in [-0.3, -0.25) is 0 Å². The van der Waals surface area contributed by atoms with E-state index in [-0.39, 0.29) is 6.04 Å². The lowest BCUT2D eigenvalue weighted by Gasteiger charge is -2.37. The summed E-state index contributed by atoms with van der Waals surface area (Å²) in [5.74, 6) is 0. The zero-order valence-corrected chi connectivity index (χ0v) is 11.0. The van der Waals surface area contributed by atoms with Crippen LogP contribution in [0.1, 0.15) is 51.1 Å². The number of rotatable bonds is 3. The van der Waals surface area contributed by atoms with Crippen LogP contribution in [0.4, 0.5) is 5.69 Å². The van der Waals surface area contributed by atoms with Crippen molar-refractivity contribution < 1.29 is 0 Å². The Morgan fingerprint density at radius 1 is 1.29 bits per heavy atom. The summed E-state index contributed by atoms with van der Waals surface area (Å²) in [6.45, 7) is 5.53. The minimum Gasteiger partial charge on any atom is -0.369 e. The second-order valence-electron chi connectivity index (χ2n) is 5.13. The van der Waals surface area contributed by atoms with E-state index in [2.05, 4.69) is 36.1 Å². The van der Waals surface area contributed by atoms with Gasteiger partial charge in [-0.05, 0) is 50.3 Å². The smallest absolute Gasteiger partial charge is 0.0368 e. The van der Waals surface area contributed by atoms with Crippen LogP contribution in [0.5, 0.6) is 0 Å². The van der Waals surface area contributed by atoms with Crippen molar-refractivity contribution in [2.45, 2.75) is 51.6 Å². The van der Waals surface area contributed by atoms with Crippen molar-refractivity contribution >= 4 is 5.69 Å². The van der Waals surface area contributed by atoms with Crippen molar-refractivity contribution in [2.75, 3.05) is 11.4 Å². The molecule has 2 nitrogen and oxygen atoms in total. The molecule has 1 unspecified atom stereocenters. The Bertz CT molecular complexity index is 342. The van der Waals surface area contributed by atoms with Gasteiger partial charge in [-0.25, -0.2) is 0 Å². The molecule has 0 spiro atoms. The fraction of sp³-hybridized carbons (Fsp3) is 0.600. The Morgan fingerprint density at radius 2 is 2.00 bits per heavy atom. The lowest BCUT2D eigenvalue weighted by atomic mass is 9.98. The first-order valence-electron chi connectivity index (χ1n) is 6.84. The second kappa shape index (κ2) is 5.54. The second-order valence-corrected chi connectivity index (χ2v) is 5.13. The van der Waals surface area contributed by atoms with E-state index in [0.29, 0.717) is 0 Å². The fourth-order valence-corrected chi connectivity index (χ4v) is 2.73. The first kappa shape index (κ1) is 12.4. The predicted octanol–water partition coefficient (Wildman–Crippen LogP) is 3.48. The molecule has 1 aromatic carbocycles. The van der Waals surface area contributed by atoms with E-state index in [9.17, 15) is 0 Å². The molecule has 0 aromatic heterocycles. The molecule has 17 heavy (non-hydrogen) atoms. The van der Waals surface area contributed by atoms with Gasteiger partial charge in [-0.2, -0.15) is 0 Å². The van der Waals surface area contributed by atoms with Gasteiger partial charge in [0.1, 0.15) is 0 Å². The van der Waals surface area contributed by atoms with Gasteiger partial charge in [0.05, 0.1) is 0 Å². The van der Waals surface area contributed by atoms with E-state index < -0.39 is 0 Å². The van der Waals surface area contributed by atoms with Gasteiger partial charge in [0, 0.05) is 24.3 Å². The molecule has 1 aliphatic rings. The number of nitrogens with two attached hydrogens (primary N) is 1. The van der Waals surface area contributed by atoms with Crippen LogP contribution < -0.4 is 10.6 Å². The van der Waals surface area contributed by atoms with Gasteiger partial charge in [-0.1, -0.05) is 19.1 Å². The first-order chi connectivity index (χ1) is 8.22. The summed E-state index contributed by atoms with van der Waals surface area (Å²) in [5, 5.41) is 0. The maximum absolute atomic E-state index is 5.88. The van der Waals surface area contributed by atoms with Gasteiger partial charge in [-0.15, -0.1) is 0 Å². The van der Waals surface area contributed by atoms with Crippen LogP contribution in [0.3, 0.4) is 0 Å². The number of anilines is 1. The van der Waals surface area contributed by atoms with Crippen molar-refractivity contribution in [1.82, 2.24) is 0 Å². The number of hydrogen-bond donors (Lipinski definition) is 1. The Morgan fingerprint density at radius 3 is 2.59 bits per heavy atom. The lowest BCUT2D eigenvalue weighted by molar-refractivity contribution is 0.450. The lowest BCUT2D eigenvalue weighted by Crippen LogP contribution is -2.39. The maximum Gasteiger partial charge on any atom is 0.0368 e. The first-order valence-corrected chi connectivity index (χ1v) is 6.84. The zero-order chi connectivity index (χ0) is 12.3. The SMILES string of the molecule is CCC1CCCCN1c1ccc([C@H](C)N)cc1. The van der Waals surface area contributed by atoms with Crippen LogP contribution in [0.2, 0.25) is 0 Å². The zero-order valence-electron chi connectivity index (χ0n) is 11.0. The van der Waals surface area contributed by atoms with E-state index in [4.69, 9.17) is 5.73 Å². The van der Waals surface area contributed by atoms with Crippen LogP contribution in [0.15, 0.2) is 24.3 Å². The van der Waals surface area contributed by atoms with Gasteiger partial charge in [0.25, 0.3) is 0 Å². The number of hydrogen-bond acceptors (Lipinski definition) is 2. The fourth-order valence-electron chi connectivity index (χ4n) is 2.73. The molecule has 0 amide bonds. The van der Waals surface area contributed by atoms with E-state index in [0.717, 1.165) is 6.04 Å². The Kier molecular flexibility index (Phi) is 4.06. The van der Waals surface area contributed by atoms with E-state index in [1.807, 2.05) is 6.92 Å². The van der Waals surface area contributed by atoms with Crippen molar-refractivity contribution in [2.24, 2.45) is 5.73 Å². The molecule has 1 aliphatic heterocycles. The molecule has 94 valence electrons. The van der Waals surface area contributed by atoms with Crippen molar-refractivity contribution in [3.05, 3.63) is 29.8 Å². The summed E-state index contributed by atoms with van der Waals surface area (Å²) >= 11 is 0. The standard InChI is InChI=1S/C15H24N2/c1-3-14-6-4-5-11-17(14)15-9-7-13(8-10-15)12(2)16/h7-10,12,14H,3-6,11,16H2,1-2H3/t12-,14?/m0/s1. The summed E-state index contributed by atoms with van der Waals surface area (Å²) in [6.07, 6.45) is 5.29. The van der Waals surface area contributed by atoms with Gasteiger partial charge in [0.15, 0.2) is 0 Å². The van der Waals surface area contributed by atoms with Crippen molar-refractivity contribution in [3.8, 4) is 0 Å². The van der Waals surface area contributed by atoms with E-state index in [1.54, 1.807) is 0 Å². The molecule has 1 aromatic rings. The molecule has 2 rings (SSSR count).